The first-order chi connectivity index (χ1) is 27.8. The van der Waals surface area contributed by atoms with E-state index >= 15 is 0 Å². The van der Waals surface area contributed by atoms with Crippen LogP contribution in [-0.2, 0) is 0 Å². The van der Waals surface area contributed by atoms with E-state index in [0.717, 1.165) is 39.0 Å². The molecule has 0 N–H and O–H groups in total. The van der Waals surface area contributed by atoms with E-state index in [1.165, 1.54) is 65.7 Å². The van der Waals surface area contributed by atoms with Crippen LogP contribution in [0, 0.1) is 0 Å². The molecule has 10 aromatic carbocycles. The van der Waals surface area contributed by atoms with Crippen molar-refractivity contribution < 1.29 is 4.42 Å². The minimum Gasteiger partial charge on any atom is -0.454 e. The van der Waals surface area contributed by atoms with Crippen molar-refractivity contribution in [2.24, 2.45) is 0 Å². The fourth-order valence-electron chi connectivity index (χ4n) is 8.73. The van der Waals surface area contributed by atoms with E-state index in [-0.39, 0.29) is 0 Å². The highest BCUT2D eigenvalue weighted by molar-refractivity contribution is 6.22. The molecule has 0 radical (unpaired) electrons. The van der Waals surface area contributed by atoms with E-state index < -0.39 is 0 Å². The number of furan rings is 1. The Labute approximate surface area is 325 Å². The van der Waals surface area contributed by atoms with E-state index in [1.807, 2.05) is 6.07 Å². The molecule has 0 saturated heterocycles. The summed E-state index contributed by atoms with van der Waals surface area (Å²) in [5, 5.41) is 9.58. The smallest absolute Gasteiger partial charge is 0.159 e. The Morgan fingerprint density at radius 1 is 0.321 bits per heavy atom. The second-order valence-corrected chi connectivity index (χ2v) is 14.4. The number of para-hydroxylation sites is 2. The third kappa shape index (κ3) is 5.19. The van der Waals surface area contributed by atoms with Crippen LogP contribution in [0.1, 0.15) is 0 Å². The van der Waals surface area contributed by atoms with Gasteiger partial charge in [0.05, 0.1) is 5.69 Å². The van der Waals surface area contributed by atoms with Gasteiger partial charge in [0.25, 0.3) is 0 Å². The molecule has 1 heterocycles. The molecule has 0 fully saturated rings. The summed E-state index contributed by atoms with van der Waals surface area (Å²) in [5.74, 6) is 0. The van der Waals surface area contributed by atoms with Gasteiger partial charge in [-0.3, -0.25) is 0 Å². The molecule has 2 heteroatoms. The lowest BCUT2D eigenvalue weighted by molar-refractivity contribution is 0.669. The summed E-state index contributed by atoms with van der Waals surface area (Å²) in [6.45, 7) is 0. The van der Waals surface area contributed by atoms with Crippen molar-refractivity contribution in [1.29, 1.82) is 0 Å². The molecular formula is C54H35NO. The van der Waals surface area contributed by atoms with Gasteiger partial charge in [0.2, 0.25) is 0 Å². The van der Waals surface area contributed by atoms with Crippen LogP contribution in [0.4, 0.5) is 17.1 Å². The first-order valence-corrected chi connectivity index (χ1v) is 19.2. The van der Waals surface area contributed by atoms with Crippen LogP contribution >= 0.6 is 0 Å². The molecule has 1 aromatic heterocycles. The second-order valence-electron chi connectivity index (χ2n) is 14.4. The first-order valence-electron chi connectivity index (χ1n) is 19.2. The van der Waals surface area contributed by atoms with E-state index in [4.69, 9.17) is 4.42 Å². The molecule has 56 heavy (non-hydrogen) atoms. The highest BCUT2D eigenvalue weighted by Crippen LogP contribution is 2.48. The molecule has 0 atom stereocenters. The Morgan fingerprint density at radius 2 is 0.875 bits per heavy atom. The van der Waals surface area contributed by atoms with Gasteiger partial charge in [0.1, 0.15) is 5.58 Å². The average Bonchev–Trinajstić information content (AvgIpc) is 3.66. The third-order valence-electron chi connectivity index (χ3n) is 11.2. The quantitative estimate of drug-likeness (QED) is 0.160. The van der Waals surface area contributed by atoms with Crippen molar-refractivity contribution in [3.8, 4) is 33.4 Å². The Hall–Kier alpha value is -7.42. The normalized spacial score (nSPS) is 11.6. The number of rotatable bonds is 6. The zero-order valence-corrected chi connectivity index (χ0v) is 30.6. The van der Waals surface area contributed by atoms with Crippen molar-refractivity contribution in [2.75, 3.05) is 4.90 Å². The highest BCUT2D eigenvalue weighted by atomic mass is 16.3. The fraction of sp³-hybridized carbons (Fsp3) is 0. The van der Waals surface area contributed by atoms with Gasteiger partial charge in [-0.1, -0.05) is 176 Å². The maximum atomic E-state index is 6.72. The van der Waals surface area contributed by atoms with E-state index in [0.29, 0.717) is 0 Å². The van der Waals surface area contributed by atoms with Gasteiger partial charge in [-0.25, -0.2) is 0 Å². The lowest BCUT2D eigenvalue weighted by Gasteiger charge is -2.27. The lowest BCUT2D eigenvalue weighted by atomic mass is 9.85. The summed E-state index contributed by atoms with van der Waals surface area (Å²) in [5.41, 5.74) is 12.1. The summed E-state index contributed by atoms with van der Waals surface area (Å²) >= 11 is 0. The summed E-state index contributed by atoms with van der Waals surface area (Å²) in [4.78, 5) is 2.36. The van der Waals surface area contributed by atoms with Gasteiger partial charge in [-0.05, 0) is 102 Å². The van der Waals surface area contributed by atoms with Crippen molar-refractivity contribution in [2.45, 2.75) is 0 Å². The van der Waals surface area contributed by atoms with Gasteiger partial charge in [-0.15, -0.1) is 0 Å². The highest BCUT2D eigenvalue weighted by Gasteiger charge is 2.23. The van der Waals surface area contributed by atoms with Crippen LogP contribution in [0.2, 0.25) is 0 Å². The Morgan fingerprint density at radius 3 is 1.64 bits per heavy atom. The number of fused-ring (bicyclic) bond motifs is 7. The molecule has 11 rings (SSSR count). The van der Waals surface area contributed by atoms with E-state index in [1.54, 1.807) is 0 Å². The molecule has 0 spiro atoms. The molecule has 0 unspecified atom stereocenters. The second kappa shape index (κ2) is 13.2. The van der Waals surface area contributed by atoms with Crippen molar-refractivity contribution in [3.63, 3.8) is 0 Å². The SMILES string of the molecule is c1ccc(-c2c(-c3ccccc3)c3cc(N(c4ccc(-c5cccc6ccccc56)cc4)c4cccc5c4oc4ccccc45)ccc3c3ccccc23)cc1. The van der Waals surface area contributed by atoms with Gasteiger partial charge in [0, 0.05) is 22.1 Å². The zero-order chi connectivity index (χ0) is 37.0. The van der Waals surface area contributed by atoms with Crippen LogP contribution in [0.25, 0.3) is 87.6 Å². The number of hydrogen-bond donors (Lipinski definition) is 0. The summed E-state index contributed by atoms with van der Waals surface area (Å²) in [6, 6.07) is 76.4. The topological polar surface area (TPSA) is 16.4 Å². The average molecular weight is 714 g/mol. The van der Waals surface area contributed by atoms with Gasteiger partial charge < -0.3 is 9.32 Å². The molecule has 0 bridgehead atoms. The Kier molecular flexibility index (Phi) is 7.53. The first kappa shape index (κ1) is 32.0. The standard InChI is InChI=1S/C54H35NO/c1-3-16-38(17-4-1)52-47-24-10-9-22-44(47)45-34-33-41(35-49(45)53(52)39-18-5-2-6-19-39)55(50-27-14-26-48-46-23-11-12-28-51(46)56-54(48)50)40-31-29-37(30-32-40)43-25-13-20-36-15-7-8-21-42(36)43/h1-35H. The van der Waals surface area contributed by atoms with Gasteiger partial charge >= 0.3 is 0 Å². The molecule has 262 valence electrons. The van der Waals surface area contributed by atoms with Gasteiger partial charge in [0.15, 0.2) is 5.58 Å². The molecular weight excluding hydrogens is 679 g/mol. The van der Waals surface area contributed by atoms with E-state index in [2.05, 4.69) is 211 Å². The predicted octanol–water partition coefficient (Wildman–Crippen LogP) is 15.5. The zero-order valence-electron chi connectivity index (χ0n) is 30.6. The number of anilines is 3. The van der Waals surface area contributed by atoms with Crippen LogP contribution in [0.5, 0.6) is 0 Å². The van der Waals surface area contributed by atoms with Crippen molar-refractivity contribution in [3.05, 3.63) is 212 Å². The number of nitrogens with zero attached hydrogens (tertiary/aromatic N) is 1. The molecule has 0 aliphatic rings. The summed E-state index contributed by atoms with van der Waals surface area (Å²) in [6.07, 6.45) is 0. The third-order valence-corrected chi connectivity index (χ3v) is 11.2. The minimum absolute atomic E-state index is 0.860. The predicted molar refractivity (Wildman–Crippen MR) is 237 cm³/mol. The van der Waals surface area contributed by atoms with Crippen molar-refractivity contribution in [1.82, 2.24) is 0 Å². The molecule has 2 nitrogen and oxygen atoms in total. The van der Waals surface area contributed by atoms with Crippen LogP contribution in [0.3, 0.4) is 0 Å². The van der Waals surface area contributed by atoms with Crippen molar-refractivity contribution >= 4 is 71.3 Å². The minimum atomic E-state index is 0.860. The molecule has 11 aromatic rings. The van der Waals surface area contributed by atoms with Crippen LogP contribution in [-0.4, -0.2) is 0 Å². The largest absolute Gasteiger partial charge is 0.454 e. The molecule has 0 aliphatic heterocycles. The molecule has 0 saturated carbocycles. The number of hydrogen-bond acceptors (Lipinski definition) is 2. The Balaban J connectivity index is 1.20. The fourth-order valence-corrected chi connectivity index (χ4v) is 8.73. The van der Waals surface area contributed by atoms with Gasteiger partial charge in [-0.2, -0.15) is 0 Å². The monoisotopic (exact) mass is 713 g/mol. The summed E-state index contributed by atoms with van der Waals surface area (Å²) < 4.78 is 6.72. The van der Waals surface area contributed by atoms with Crippen LogP contribution < -0.4 is 4.90 Å². The molecule has 0 amide bonds. The maximum Gasteiger partial charge on any atom is 0.159 e. The maximum absolute atomic E-state index is 6.72. The lowest BCUT2D eigenvalue weighted by Crippen LogP contribution is -2.10. The summed E-state index contributed by atoms with van der Waals surface area (Å²) in [7, 11) is 0. The molecule has 0 aliphatic carbocycles. The van der Waals surface area contributed by atoms with E-state index in [9.17, 15) is 0 Å². The van der Waals surface area contributed by atoms with Crippen LogP contribution in [0.15, 0.2) is 217 Å². The Bertz CT molecular complexity index is 3230. The number of benzene rings is 10.